The van der Waals surface area contributed by atoms with Crippen molar-refractivity contribution in [3.8, 4) is 0 Å². The predicted octanol–water partition coefficient (Wildman–Crippen LogP) is 3.40. The van der Waals surface area contributed by atoms with Crippen LogP contribution in [0.15, 0.2) is 24.3 Å². The van der Waals surface area contributed by atoms with Gasteiger partial charge in [-0.15, -0.1) is 0 Å². The molecule has 3 unspecified atom stereocenters. The molecular weight excluding hydrogens is 323 g/mol. The molecule has 2 amide bonds. The van der Waals surface area contributed by atoms with E-state index in [0.717, 1.165) is 17.0 Å². The van der Waals surface area contributed by atoms with Crippen LogP contribution in [0.25, 0.3) is 0 Å². The number of carbonyl (C=O) groups is 2. The Labute approximate surface area is 137 Å². The molecule has 3 aliphatic heterocycles. The van der Waals surface area contributed by atoms with Gasteiger partial charge in [0.15, 0.2) is 0 Å². The fourth-order valence-electron chi connectivity index (χ4n) is 4.16. The van der Waals surface area contributed by atoms with Crippen LogP contribution >= 0.6 is 0 Å². The molecule has 130 valence electrons. The molecule has 3 saturated heterocycles. The van der Waals surface area contributed by atoms with E-state index in [1.807, 2.05) is 0 Å². The van der Waals surface area contributed by atoms with Crippen molar-refractivity contribution in [1.29, 1.82) is 0 Å². The minimum absolute atomic E-state index is 0. The predicted molar refractivity (Wildman–Crippen MR) is 80.2 cm³/mol. The maximum Gasteiger partial charge on any atom is 0.416 e. The molecule has 4 nitrogen and oxygen atoms in total. The molecule has 0 aliphatic carbocycles. The Hall–Kier alpha value is -1.89. The highest BCUT2D eigenvalue weighted by molar-refractivity contribution is 6.23. The molecule has 1 aromatic carbocycles. The zero-order valence-corrected chi connectivity index (χ0v) is 12.3. The summed E-state index contributed by atoms with van der Waals surface area (Å²) in [5.41, 5.74) is -1.58. The molecule has 0 saturated carbocycles. The van der Waals surface area contributed by atoms with Gasteiger partial charge in [0, 0.05) is 0 Å². The molecule has 24 heavy (non-hydrogen) atoms. The van der Waals surface area contributed by atoms with Gasteiger partial charge in [-0.05, 0) is 38.0 Å². The molecule has 3 aliphatic rings. The third-order valence-electron chi connectivity index (χ3n) is 5.19. The average molecular weight is 341 g/mol. The molecule has 0 spiro atoms. The van der Waals surface area contributed by atoms with Crippen LogP contribution in [0.2, 0.25) is 0 Å². The van der Waals surface area contributed by atoms with Crippen LogP contribution in [0.5, 0.6) is 0 Å². The number of fused-ring (bicyclic) bond motifs is 5. The van der Waals surface area contributed by atoms with Crippen molar-refractivity contribution in [2.75, 3.05) is 4.90 Å². The number of carbonyl (C=O) groups excluding carboxylic acids is 2. The van der Waals surface area contributed by atoms with Crippen LogP contribution in [0.4, 0.5) is 18.9 Å². The molecule has 0 aromatic heterocycles. The van der Waals surface area contributed by atoms with Crippen LogP contribution in [-0.4, -0.2) is 23.5 Å². The molecule has 0 N–H and O–H groups in total. The van der Waals surface area contributed by atoms with Crippen molar-refractivity contribution < 1.29 is 27.5 Å². The van der Waals surface area contributed by atoms with Gasteiger partial charge < -0.3 is 4.74 Å². The molecule has 2 bridgehead atoms. The minimum Gasteiger partial charge on any atom is -0.370 e. The molecular formula is C17H18F3NO3. The maximum absolute atomic E-state index is 12.9. The van der Waals surface area contributed by atoms with E-state index in [4.69, 9.17) is 4.74 Å². The van der Waals surface area contributed by atoms with Gasteiger partial charge in [0.1, 0.15) is 0 Å². The van der Waals surface area contributed by atoms with Gasteiger partial charge in [-0.3, -0.25) is 9.59 Å². The minimum atomic E-state index is -4.52. The monoisotopic (exact) mass is 341 g/mol. The second-order valence-electron chi connectivity index (χ2n) is 6.57. The number of benzene rings is 1. The second kappa shape index (κ2) is 5.05. The first-order chi connectivity index (χ1) is 10.7. The van der Waals surface area contributed by atoms with Crippen molar-refractivity contribution in [1.82, 2.24) is 0 Å². The van der Waals surface area contributed by atoms with Crippen LogP contribution in [0.1, 0.15) is 32.8 Å². The first-order valence-electron chi connectivity index (χ1n) is 7.45. The summed E-state index contributed by atoms with van der Waals surface area (Å²) in [7, 11) is 0. The standard InChI is InChI=1S/C16H14F3NO3.CH4/c1-15-6-5-10(23-15)11-12(15)14(22)20(13(11)21)9-4-2-3-8(7-9)16(17,18)19;/h2-4,7,10-12H,5-6H2,1H3;1H4/t10?,11-,12?,15?;/m1./s1. The molecule has 1 aromatic rings. The van der Waals surface area contributed by atoms with Crippen molar-refractivity contribution in [2.24, 2.45) is 11.8 Å². The highest BCUT2D eigenvalue weighted by atomic mass is 19.4. The number of halogens is 3. The Balaban J connectivity index is 0.00000169. The van der Waals surface area contributed by atoms with Gasteiger partial charge in [0.2, 0.25) is 11.8 Å². The summed E-state index contributed by atoms with van der Waals surface area (Å²) in [6.45, 7) is 1.80. The summed E-state index contributed by atoms with van der Waals surface area (Å²) >= 11 is 0. The molecule has 7 heteroatoms. The van der Waals surface area contributed by atoms with E-state index in [9.17, 15) is 22.8 Å². The van der Waals surface area contributed by atoms with Gasteiger partial charge in [-0.1, -0.05) is 13.5 Å². The lowest BCUT2D eigenvalue weighted by Gasteiger charge is -2.26. The zero-order chi connectivity index (χ0) is 16.6. The Bertz CT molecular complexity index is 717. The van der Waals surface area contributed by atoms with Gasteiger partial charge >= 0.3 is 6.18 Å². The molecule has 3 heterocycles. The van der Waals surface area contributed by atoms with Crippen LogP contribution < -0.4 is 4.90 Å². The van der Waals surface area contributed by atoms with E-state index >= 15 is 0 Å². The maximum atomic E-state index is 12.9. The topological polar surface area (TPSA) is 46.6 Å². The van der Waals surface area contributed by atoms with Crippen molar-refractivity contribution in [2.45, 2.75) is 45.1 Å². The van der Waals surface area contributed by atoms with Crippen molar-refractivity contribution >= 4 is 17.5 Å². The van der Waals surface area contributed by atoms with E-state index in [1.165, 1.54) is 12.1 Å². The fraction of sp³-hybridized carbons (Fsp3) is 0.529. The summed E-state index contributed by atoms with van der Waals surface area (Å²) in [4.78, 5) is 26.2. The van der Waals surface area contributed by atoms with Crippen molar-refractivity contribution in [3.63, 3.8) is 0 Å². The number of amides is 2. The lowest BCUT2D eigenvalue weighted by atomic mass is 9.74. The first-order valence-corrected chi connectivity index (χ1v) is 7.45. The largest absolute Gasteiger partial charge is 0.416 e. The first kappa shape index (κ1) is 17.0. The van der Waals surface area contributed by atoms with Gasteiger partial charge in [-0.25, -0.2) is 4.90 Å². The van der Waals surface area contributed by atoms with E-state index < -0.39 is 41.0 Å². The third-order valence-corrected chi connectivity index (χ3v) is 5.19. The number of rotatable bonds is 1. The summed E-state index contributed by atoms with van der Waals surface area (Å²) in [6, 6.07) is 4.34. The smallest absolute Gasteiger partial charge is 0.370 e. The summed E-state index contributed by atoms with van der Waals surface area (Å²) in [6.07, 6.45) is -3.44. The van der Waals surface area contributed by atoms with E-state index in [1.54, 1.807) is 6.92 Å². The van der Waals surface area contributed by atoms with Crippen LogP contribution in [0, 0.1) is 11.8 Å². The lowest BCUT2D eigenvalue weighted by molar-refractivity contribution is -0.137. The number of hydrogen-bond acceptors (Lipinski definition) is 3. The van der Waals surface area contributed by atoms with Crippen LogP contribution in [0.3, 0.4) is 0 Å². The number of nitrogens with zero attached hydrogens (tertiary/aromatic N) is 1. The molecule has 0 radical (unpaired) electrons. The lowest BCUT2D eigenvalue weighted by Crippen LogP contribution is -2.39. The summed E-state index contributed by atoms with van der Waals surface area (Å²) < 4.78 is 44.4. The van der Waals surface area contributed by atoms with Gasteiger partial charge in [0.25, 0.3) is 0 Å². The third kappa shape index (κ3) is 2.10. The number of alkyl halides is 3. The SMILES string of the molecule is C.CC12CCC(O1)[C@H]1C(=O)N(c3cccc(C(F)(F)F)c3)C(=O)C12. The number of ether oxygens (including phenoxy) is 1. The van der Waals surface area contributed by atoms with E-state index in [-0.39, 0.29) is 19.2 Å². The summed E-state index contributed by atoms with van der Waals surface area (Å²) in [5.74, 6) is -2.07. The number of imide groups is 1. The Morgan fingerprint density at radius 2 is 1.96 bits per heavy atom. The van der Waals surface area contributed by atoms with Crippen LogP contribution in [-0.2, 0) is 20.5 Å². The Morgan fingerprint density at radius 1 is 1.25 bits per heavy atom. The normalized spacial score (nSPS) is 34.5. The molecule has 4 rings (SSSR count). The van der Waals surface area contributed by atoms with E-state index in [0.29, 0.717) is 12.8 Å². The average Bonchev–Trinajstić information content (AvgIpc) is 3.07. The summed E-state index contributed by atoms with van der Waals surface area (Å²) in [5, 5.41) is 0. The van der Waals surface area contributed by atoms with Crippen molar-refractivity contribution in [3.05, 3.63) is 29.8 Å². The Kier molecular flexibility index (Phi) is 3.57. The Morgan fingerprint density at radius 3 is 2.58 bits per heavy atom. The number of hydrogen-bond donors (Lipinski definition) is 0. The molecule has 4 atom stereocenters. The fourth-order valence-corrected chi connectivity index (χ4v) is 4.16. The number of anilines is 1. The molecule has 3 fully saturated rings. The second-order valence-corrected chi connectivity index (χ2v) is 6.57. The highest BCUT2D eigenvalue weighted by Crippen LogP contribution is 2.55. The zero-order valence-electron chi connectivity index (χ0n) is 12.3. The van der Waals surface area contributed by atoms with Gasteiger partial charge in [-0.2, -0.15) is 13.2 Å². The van der Waals surface area contributed by atoms with Gasteiger partial charge in [0.05, 0.1) is 34.8 Å². The quantitative estimate of drug-likeness (QED) is 0.736. The highest BCUT2D eigenvalue weighted by Gasteiger charge is 2.67. The van der Waals surface area contributed by atoms with E-state index in [2.05, 4.69) is 0 Å².